The van der Waals surface area contributed by atoms with Crippen LogP contribution in [0.5, 0.6) is 0 Å². The second kappa shape index (κ2) is 8.04. The van der Waals surface area contributed by atoms with E-state index in [1.807, 2.05) is 18.2 Å². The topological polar surface area (TPSA) is 17.1 Å². The Morgan fingerprint density at radius 3 is 2.14 bits per heavy atom. The maximum atomic E-state index is 12.3. The van der Waals surface area contributed by atoms with Crippen molar-refractivity contribution in [3.8, 4) is 0 Å². The smallest absolute Gasteiger partial charge is 0.165 e. The Morgan fingerprint density at radius 1 is 0.952 bits per heavy atom. The molecule has 0 aliphatic heterocycles. The molecule has 0 saturated carbocycles. The summed E-state index contributed by atoms with van der Waals surface area (Å²) in [6, 6.07) is 18.5. The fraction of sp³-hybridized carbons (Fsp3) is 0.316. The molecule has 2 aromatic carbocycles. The molecule has 0 spiro atoms. The van der Waals surface area contributed by atoms with E-state index in [4.69, 9.17) is 0 Å². The van der Waals surface area contributed by atoms with E-state index in [2.05, 4.69) is 50.2 Å². The molecule has 0 aliphatic rings. The Kier molecular flexibility index (Phi) is 6.06. The van der Waals surface area contributed by atoms with Crippen LogP contribution in [0.3, 0.4) is 0 Å². The zero-order chi connectivity index (χ0) is 15.1. The van der Waals surface area contributed by atoms with E-state index in [1.165, 1.54) is 10.5 Å². The van der Waals surface area contributed by atoms with Crippen molar-refractivity contribution in [2.45, 2.75) is 37.3 Å². The van der Waals surface area contributed by atoms with E-state index in [0.717, 1.165) is 24.2 Å². The maximum absolute atomic E-state index is 12.3. The molecule has 0 atom stereocenters. The van der Waals surface area contributed by atoms with Gasteiger partial charge in [-0.2, -0.15) is 0 Å². The van der Waals surface area contributed by atoms with Crippen LogP contribution in [0, 0.1) is 5.92 Å². The monoisotopic (exact) mass is 298 g/mol. The van der Waals surface area contributed by atoms with Crippen molar-refractivity contribution in [3.05, 3.63) is 65.7 Å². The van der Waals surface area contributed by atoms with Crippen LogP contribution in [-0.2, 0) is 5.75 Å². The van der Waals surface area contributed by atoms with Gasteiger partial charge >= 0.3 is 0 Å². The second-order valence-electron chi connectivity index (χ2n) is 5.18. The summed E-state index contributed by atoms with van der Waals surface area (Å²) in [7, 11) is 0. The van der Waals surface area contributed by atoms with E-state index < -0.39 is 0 Å². The lowest BCUT2D eigenvalue weighted by molar-refractivity contribution is 0.0913. The fourth-order valence-corrected chi connectivity index (χ4v) is 3.21. The van der Waals surface area contributed by atoms with E-state index in [0.29, 0.717) is 0 Å². The average molecular weight is 298 g/mol. The second-order valence-corrected chi connectivity index (χ2v) is 6.23. The van der Waals surface area contributed by atoms with Crippen LogP contribution in [-0.4, -0.2) is 5.78 Å². The lowest BCUT2D eigenvalue weighted by Gasteiger charge is -2.11. The van der Waals surface area contributed by atoms with Gasteiger partial charge in [-0.3, -0.25) is 4.79 Å². The minimum Gasteiger partial charge on any atom is -0.294 e. The largest absolute Gasteiger partial charge is 0.294 e. The van der Waals surface area contributed by atoms with Gasteiger partial charge in [-0.25, -0.2) is 0 Å². The predicted octanol–water partition coefficient (Wildman–Crippen LogP) is 5.60. The summed E-state index contributed by atoms with van der Waals surface area (Å²) in [5.74, 6) is 1.40. The van der Waals surface area contributed by atoms with Crippen LogP contribution in [0.2, 0.25) is 0 Å². The Hall–Kier alpha value is -1.54. The molecule has 0 amide bonds. The van der Waals surface area contributed by atoms with Crippen molar-refractivity contribution < 1.29 is 4.79 Å². The highest BCUT2D eigenvalue weighted by molar-refractivity contribution is 7.98. The number of Topliss-reactive ketones (excluding diaryl/α,β-unsaturated/α-hetero) is 1. The van der Waals surface area contributed by atoms with Crippen LogP contribution >= 0.6 is 11.8 Å². The van der Waals surface area contributed by atoms with E-state index in [9.17, 15) is 4.79 Å². The lowest BCUT2D eigenvalue weighted by atomic mass is 9.93. The molecule has 0 unspecified atom stereocenters. The molecule has 0 heterocycles. The zero-order valence-electron chi connectivity index (χ0n) is 12.7. The third-order valence-corrected chi connectivity index (χ3v) is 4.83. The standard InChI is InChI=1S/C19H22OS/c1-3-16(4-2)19(20)17-10-12-18(13-11-17)21-14-15-8-6-5-7-9-15/h5-13,16H,3-4,14H2,1-2H3. The molecule has 21 heavy (non-hydrogen) atoms. The van der Waals surface area contributed by atoms with Crippen molar-refractivity contribution in [1.82, 2.24) is 0 Å². The van der Waals surface area contributed by atoms with Crippen LogP contribution in [0.1, 0.15) is 42.6 Å². The van der Waals surface area contributed by atoms with Crippen molar-refractivity contribution in [1.29, 1.82) is 0 Å². The summed E-state index contributed by atoms with van der Waals surface area (Å²) in [6.45, 7) is 4.16. The summed E-state index contributed by atoms with van der Waals surface area (Å²) < 4.78 is 0. The Balaban J connectivity index is 1.97. The lowest BCUT2D eigenvalue weighted by Crippen LogP contribution is -2.12. The molecule has 0 fully saturated rings. The number of hydrogen-bond acceptors (Lipinski definition) is 2. The van der Waals surface area contributed by atoms with Crippen LogP contribution in [0.4, 0.5) is 0 Å². The van der Waals surface area contributed by atoms with E-state index >= 15 is 0 Å². The van der Waals surface area contributed by atoms with Gasteiger partial charge in [-0.1, -0.05) is 56.3 Å². The number of carbonyl (C=O) groups excluding carboxylic acids is 1. The molecule has 0 aliphatic carbocycles. The third kappa shape index (κ3) is 4.47. The minimum absolute atomic E-state index is 0.160. The molecule has 0 aromatic heterocycles. The minimum atomic E-state index is 0.160. The van der Waals surface area contributed by atoms with Crippen molar-refractivity contribution >= 4 is 17.5 Å². The fourth-order valence-electron chi connectivity index (χ4n) is 2.35. The molecule has 110 valence electrons. The predicted molar refractivity (Wildman–Crippen MR) is 90.8 cm³/mol. The van der Waals surface area contributed by atoms with Gasteiger partial charge in [0.2, 0.25) is 0 Å². The van der Waals surface area contributed by atoms with Crippen molar-refractivity contribution in [2.24, 2.45) is 5.92 Å². The molecular weight excluding hydrogens is 276 g/mol. The highest BCUT2D eigenvalue weighted by Crippen LogP contribution is 2.24. The van der Waals surface area contributed by atoms with Crippen molar-refractivity contribution in [3.63, 3.8) is 0 Å². The molecule has 0 radical (unpaired) electrons. The first-order valence-electron chi connectivity index (χ1n) is 7.55. The van der Waals surface area contributed by atoms with Gasteiger partial charge in [0.15, 0.2) is 5.78 Å². The van der Waals surface area contributed by atoms with Crippen LogP contribution < -0.4 is 0 Å². The van der Waals surface area contributed by atoms with E-state index in [1.54, 1.807) is 11.8 Å². The quantitative estimate of drug-likeness (QED) is 0.489. The molecule has 0 N–H and O–H groups in total. The van der Waals surface area contributed by atoms with Gasteiger partial charge < -0.3 is 0 Å². The van der Waals surface area contributed by atoms with Gasteiger partial charge in [-0.15, -0.1) is 11.8 Å². The average Bonchev–Trinajstić information content (AvgIpc) is 2.55. The first-order valence-corrected chi connectivity index (χ1v) is 8.54. The molecule has 1 nitrogen and oxygen atoms in total. The summed E-state index contributed by atoms with van der Waals surface area (Å²) in [5.41, 5.74) is 2.16. The zero-order valence-corrected chi connectivity index (χ0v) is 13.5. The number of thioether (sulfide) groups is 1. The highest BCUT2D eigenvalue weighted by Gasteiger charge is 2.15. The number of rotatable bonds is 7. The summed E-state index contributed by atoms with van der Waals surface area (Å²) in [6.07, 6.45) is 1.83. The first kappa shape index (κ1) is 15.8. The molecule has 2 aromatic rings. The summed E-state index contributed by atoms with van der Waals surface area (Å²) >= 11 is 1.80. The third-order valence-electron chi connectivity index (χ3n) is 3.74. The molecule has 0 saturated heterocycles. The number of carbonyl (C=O) groups is 1. The van der Waals surface area contributed by atoms with Gasteiger partial charge in [0.1, 0.15) is 0 Å². The molecular formula is C19H22OS. The van der Waals surface area contributed by atoms with Crippen LogP contribution in [0.25, 0.3) is 0 Å². The Bertz CT molecular complexity index is 556. The number of ketones is 1. The number of benzene rings is 2. The maximum Gasteiger partial charge on any atom is 0.165 e. The molecule has 2 heteroatoms. The number of hydrogen-bond donors (Lipinski definition) is 0. The van der Waals surface area contributed by atoms with Gasteiger partial charge in [0, 0.05) is 22.1 Å². The van der Waals surface area contributed by atoms with E-state index in [-0.39, 0.29) is 11.7 Å². The van der Waals surface area contributed by atoms with Gasteiger partial charge in [0.25, 0.3) is 0 Å². The highest BCUT2D eigenvalue weighted by atomic mass is 32.2. The van der Waals surface area contributed by atoms with Gasteiger partial charge in [-0.05, 0) is 30.5 Å². The first-order chi connectivity index (χ1) is 10.2. The SMILES string of the molecule is CCC(CC)C(=O)c1ccc(SCc2ccccc2)cc1. The Morgan fingerprint density at radius 2 is 1.57 bits per heavy atom. The molecule has 2 rings (SSSR count). The van der Waals surface area contributed by atoms with Gasteiger partial charge in [0.05, 0.1) is 0 Å². The summed E-state index contributed by atoms with van der Waals surface area (Å²) in [5, 5.41) is 0. The van der Waals surface area contributed by atoms with Crippen LogP contribution in [0.15, 0.2) is 59.5 Å². The van der Waals surface area contributed by atoms with Crippen molar-refractivity contribution in [2.75, 3.05) is 0 Å². The normalized spacial score (nSPS) is 10.8. The summed E-state index contributed by atoms with van der Waals surface area (Å²) in [4.78, 5) is 13.5. The molecule has 0 bridgehead atoms. The Labute approximate surface area is 131 Å².